The van der Waals surface area contributed by atoms with Crippen molar-refractivity contribution in [1.82, 2.24) is 14.9 Å². The Morgan fingerprint density at radius 3 is 3.07 bits per heavy atom. The molecule has 2 rings (SSSR count). The van der Waals surface area contributed by atoms with Gasteiger partial charge in [-0.25, -0.2) is 0 Å². The number of aromatic nitrogens is 2. The summed E-state index contributed by atoms with van der Waals surface area (Å²) in [6.07, 6.45) is 4.17. The molecule has 1 aromatic heterocycles. The molecule has 2 N–H and O–H groups in total. The van der Waals surface area contributed by atoms with E-state index in [0.29, 0.717) is 0 Å². The second-order valence-electron chi connectivity index (χ2n) is 3.74. The Morgan fingerprint density at radius 1 is 1.50 bits per heavy atom. The van der Waals surface area contributed by atoms with Gasteiger partial charge in [0.15, 0.2) is 0 Å². The lowest BCUT2D eigenvalue weighted by molar-refractivity contribution is 0.0901. The van der Waals surface area contributed by atoms with Crippen LogP contribution in [0.2, 0.25) is 0 Å². The molecule has 1 aromatic rings. The van der Waals surface area contributed by atoms with E-state index in [1.165, 1.54) is 18.0 Å². The van der Waals surface area contributed by atoms with Crippen LogP contribution in [0, 0.1) is 0 Å². The van der Waals surface area contributed by atoms with Crippen LogP contribution in [0.4, 0.5) is 0 Å². The quantitative estimate of drug-likeness (QED) is 0.784. The third-order valence-electron chi connectivity index (χ3n) is 2.68. The van der Waals surface area contributed by atoms with Crippen molar-refractivity contribution in [3.05, 3.63) is 11.1 Å². The molecular formula is C9H15N3OS. The van der Waals surface area contributed by atoms with Gasteiger partial charge in [0, 0.05) is 18.0 Å². The standard InChI is InChI=1S/C9H15N3OS/c13-9-4-2-1-3-8(9)10-5-7-6-14-12-11-7/h6,8-10,13H,1-5H2. The number of nitrogens with zero attached hydrogens (tertiary/aromatic N) is 2. The average Bonchev–Trinajstić information content (AvgIpc) is 2.69. The highest BCUT2D eigenvalue weighted by Gasteiger charge is 2.22. The van der Waals surface area contributed by atoms with Crippen LogP contribution in [-0.4, -0.2) is 26.8 Å². The molecule has 1 aliphatic rings. The lowest BCUT2D eigenvalue weighted by Crippen LogP contribution is -2.41. The Labute approximate surface area is 87.5 Å². The molecule has 0 amide bonds. The molecule has 4 nitrogen and oxygen atoms in total. The molecule has 5 heteroatoms. The SMILES string of the molecule is OC1CCCCC1NCc1csnn1. The van der Waals surface area contributed by atoms with Crippen molar-refractivity contribution in [3.63, 3.8) is 0 Å². The van der Waals surface area contributed by atoms with E-state index < -0.39 is 0 Å². The molecular weight excluding hydrogens is 198 g/mol. The monoisotopic (exact) mass is 213 g/mol. The minimum atomic E-state index is -0.185. The Kier molecular flexibility index (Phi) is 3.44. The second-order valence-corrected chi connectivity index (χ2v) is 4.35. The molecule has 0 saturated heterocycles. The van der Waals surface area contributed by atoms with Crippen molar-refractivity contribution < 1.29 is 5.11 Å². The van der Waals surface area contributed by atoms with Crippen molar-refractivity contribution in [2.45, 2.75) is 44.4 Å². The lowest BCUT2D eigenvalue weighted by atomic mass is 9.92. The fourth-order valence-corrected chi connectivity index (χ4v) is 2.30. The Balaban J connectivity index is 1.79. The molecule has 14 heavy (non-hydrogen) atoms. The second kappa shape index (κ2) is 4.82. The first-order chi connectivity index (χ1) is 6.86. The molecule has 1 aliphatic carbocycles. The van der Waals surface area contributed by atoms with Gasteiger partial charge in [-0.2, -0.15) is 0 Å². The van der Waals surface area contributed by atoms with Gasteiger partial charge in [-0.3, -0.25) is 0 Å². The summed E-state index contributed by atoms with van der Waals surface area (Å²) < 4.78 is 3.79. The number of aliphatic hydroxyl groups is 1. The minimum absolute atomic E-state index is 0.185. The van der Waals surface area contributed by atoms with Crippen molar-refractivity contribution in [2.75, 3.05) is 0 Å². The van der Waals surface area contributed by atoms with Crippen LogP contribution >= 0.6 is 11.5 Å². The fourth-order valence-electron chi connectivity index (χ4n) is 1.85. The number of rotatable bonds is 3. The Bertz CT molecular complexity index is 265. The maximum absolute atomic E-state index is 9.70. The summed E-state index contributed by atoms with van der Waals surface area (Å²) in [6, 6.07) is 0.241. The molecule has 0 bridgehead atoms. The first-order valence-corrected chi connectivity index (χ1v) is 5.87. The van der Waals surface area contributed by atoms with Gasteiger partial charge in [0.1, 0.15) is 0 Å². The third kappa shape index (κ3) is 2.50. The minimum Gasteiger partial charge on any atom is -0.392 e. The highest BCUT2D eigenvalue weighted by molar-refractivity contribution is 7.03. The summed E-state index contributed by atoms with van der Waals surface area (Å²) in [5, 5.41) is 18.9. The van der Waals surface area contributed by atoms with Crippen molar-refractivity contribution >= 4 is 11.5 Å². The third-order valence-corrected chi connectivity index (χ3v) is 3.23. The molecule has 0 radical (unpaired) electrons. The van der Waals surface area contributed by atoms with Crippen LogP contribution < -0.4 is 5.32 Å². The van der Waals surface area contributed by atoms with E-state index in [-0.39, 0.29) is 12.1 Å². The summed E-state index contributed by atoms with van der Waals surface area (Å²) >= 11 is 1.36. The number of hydrogen-bond donors (Lipinski definition) is 2. The van der Waals surface area contributed by atoms with Gasteiger partial charge in [0.25, 0.3) is 0 Å². The van der Waals surface area contributed by atoms with E-state index in [1.807, 2.05) is 5.38 Å². The maximum atomic E-state index is 9.70. The van der Waals surface area contributed by atoms with E-state index in [9.17, 15) is 5.11 Å². The summed E-state index contributed by atoms with van der Waals surface area (Å²) in [6.45, 7) is 0.720. The van der Waals surface area contributed by atoms with Gasteiger partial charge in [-0.15, -0.1) is 5.10 Å². The normalized spacial score (nSPS) is 27.8. The van der Waals surface area contributed by atoms with E-state index in [2.05, 4.69) is 14.9 Å². The van der Waals surface area contributed by atoms with Crippen LogP contribution in [-0.2, 0) is 6.54 Å². The molecule has 1 saturated carbocycles. The van der Waals surface area contributed by atoms with Crippen LogP contribution in [0.25, 0.3) is 0 Å². The van der Waals surface area contributed by atoms with Gasteiger partial charge in [0.05, 0.1) is 11.8 Å². The zero-order chi connectivity index (χ0) is 9.80. The molecule has 0 spiro atoms. The van der Waals surface area contributed by atoms with Gasteiger partial charge in [-0.05, 0) is 24.4 Å². The predicted molar refractivity (Wildman–Crippen MR) is 55.0 cm³/mol. The van der Waals surface area contributed by atoms with Gasteiger partial charge in [0.2, 0.25) is 0 Å². The Morgan fingerprint density at radius 2 is 2.36 bits per heavy atom. The average molecular weight is 213 g/mol. The first kappa shape index (κ1) is 10.0. The highest BCUT2D eigenvalue weighted by atomic mass is 32.1. The van der Waals surface area contributed by atoms with Gasteiger partial charge in [-0.1, -0.05) is 17.3 Å². The maximum Gasteiger partial charge on any atom is 0.0893 e. The van der Waals surface area contributed by atoms with Crippen LogP contribution in [0.1, 0.15) is 31.4 Å². The summed E-state index contributed by atoms with van der Waals surface area (Å²) in [5.74, 6) is 0. The zero-order valence-electron chi connectivity index (χ0n) is 8.02. The predicted octanol–water partition coefficient (Wildman–Crippen LogP) is 0.931. The smallest absolute Gasteiger partial charge is 0.0893 e. The fraction of sp³-hybridized carbons (Fsp3) is 0.778. The van der Waals surface area contributed by atoms with E-state index in [4.69, 9.17) is 0 Å². The first-order valence-electron chi connectivity index (χ1n) is 5.03. The largest absolute Gasteiger partial charge is 0.392 e. The van der Waals surface area contributed by atoms with Crippen molar-refractivity contribution in [3.8, 4) is 0 Å². The zero-order valence-corrected chi connectivity index (χ0v) is 8.83. The molecule has 2 unspecified atom stereocenters. The molecule has 0 aliphatic heterocycles. The van der Waals surface area contributed by atoms with E-state index >= 15 is 0 Å². The van der Waals surface area contributed by atoms with Crippen LogP contribution in [0.15, 0.2) is 5.38 Å². The molecule has 0 aromatic carbocycles. The molecule has 1 heterocycles. The lowest BCUT2D eigenvalue weighted by Gasteiger charge is -2.28. The van der Waals surface area contributed by atoms with E-state index in [1.54, 1.807) is 0 Å². The number of hydrogen-bond acceptors (Lipinski definition) is 5. The molecule has 1 fully saturated rings. The molecule has 78 valence electrons. The van der Waals surface area contributed by atoms with Gasteiger partial charge < -0.3 is 10.4 Å². The highest BCUT2D eigenvalue weighted by Crippen LogP contribution is 2.18. The van der Waals surface area contributed by atoms with E-state index in [0.717, 1.165) is 31.5 Å². The summed E-state index contributed by atoms with van der Waals surface area (Å²) in [7, 11) is 0. The van der Waals surface area contributed by atoms with Crippen LogP contribution in [0.3, 0.4) is 0 Å². The Hall–Kier alpha value is -0.520. The summed E-state index contributed by atoms with van der Waals surface area (Å²) in [5.41, 5.74) is 0.966. The number of aliphatic hydroxyl groups excluding tert-OH is 1. The molecule has 2 atom stereocenters. The van der Waals surface area contributed by atoms with Crippen molar-refractivity contribution in [1.29, 1.82) is 0 Å². The summed E-state index contributed by atoms with van der Waals surface area (Å²) in [4.78, 5) is 0. The van der Waals surface area contributed by atoms with Crippen LogP contribution in [0.5, 0.6) is 0 Å². The topological polar surface area (TPSA) is 58.0 Å². The van der Waals surface area contributed by atoms with Gasteiger partial charge >= 0.3 is 0 Å². The number of nitrogens with one attached hydrogen (secondary N) is 1. The van der Waals surface area contributed by atoms with Crippen molar-refractivity contribution in [2.24, 2.45) is 0 Å².